The Balaban J connectivity index is 1.90. The highest BCUT2D eigenvalue weighted by Crippen LogP contribution is 2.34. The predicted molar refractivity (Wildman–Crippen MR) is 103 cm³/mol. The Labute approximate surface area is 168 Å². The van der Waals surface area contributed by atoms with Crippen LogP contribution in [-0.2, 0) is 11.0 Å². The van der Waals surface area contributed by atoms with Crippen LogP contribution in [0.25, 0.3) is 17.3 Å². The molecule has 0 aliphatic carbocycles. The van der Waals surface area contributed by atoms with Crippen LogP contribution in [0.3, 0.4) is 0 Å². The van der Waals surface area contributed by atoms with E-state index >= 15 is 0 Å². The van der Waals surface area contributed by atoms with E-state index in [1.165, 1.54) is 12.3 Å². The Morgan fingerprint density at radius 1 is 1.21 bits per heavy atom. The van der Waals surface area contributed by atoms with E-state index in [4.69, 9.17) is 11.6 Å². The van der Waals surface area contributed by atoms with Gasteiger partial charge in [0, 0.05) is 11.1 Å². The predicted octanol–water partition coefficient (Wildman–Crippen LogP) is 5.29. The maximum Gasteiger partial charge on any atom is 0.416 e. The molecule has 0 spiro atoms. The van der Waals surface area contributed by atoms with Crippen LogP contribution in [0, 0.1) is 11.3 Å². The van der Waals surface area contributed by atoms with Crippen molar-refractivity contribution in [2.45, 2.75) is 6.18 Å². The number of nitrogens with zero attached hydrogens (tertiary/aromatic N) is 2. The second-order valence-electron chi connectivity index (χ2n) is 5.88. The number of aromatic nitrogens is 2. The van der Waals surface area contributed by atoms with Crippen molar-refractivity contribution in [2.75, 3.05) is 5.32 Å². The highest BCUT2D eigenvalue weighted by Gasteiger charge is 2.31. The highest BCUT2D eigenvalue weighted by molar-refractivity contribution is 6.34. The van der Waals surface area contributed by atoms with E-state index in [0.29, 0.717) is 17.3 Å². The molecule has 3 rings (SSSR count). The molecule has 0 atom stereocenters. The smallest absolute Gasteiger partial charge is 0.320 e. The number of alkyl halides is 3. The average Bonchev–Trinajstić information content (AvgIpc) is 3.15. The summed E-state index contributed by atoms with van der Waals surface area (Å²) in [6.07, 6.45) is -1.87. The molecule has 0 aliphatic rings. The van der Waals surface area contributed by atoms with Crippen LogP contribution in [-0.4, -0.2) is 16.1 Å². The fourth-order valence-corrected chi connectivity index (χ4v) is 2.70. The Bertz CT molecular complexity index is 1110. The fraction of sp³-hybridized carbons (Fsp3) is 0.0500. The number of nitrogens with one attached hydrogen (secondary N) is 2. The van der Waals surface area contributed by atoms with Gasteiger partial charge >= 0.3 is 6.18 Å². The summed E-state index contributed by atoms with van der Waals surface area (Å²) in [7, 11) is 0. The summed E-state index contributed by atoms with van der Waals surface area (Å²) >= 11 is 5.89. The normalized spacial score (nSPS) is 11.8. The number of carbonyl (C=O) groups is 1. The van der Waals surface area contributed by atoms with Gasteiger partial charge in [-0.25, -0.2) is 0 Å². The van der Waals surface area contributed by atoms with Crippen molar-refractivity contribution in [3.05, 3.63) is 76.5 Å². The highest BCUT2D eigenvalue weighted by atomic mass is 35.5. The number of hydrogen-bond acceptors (Lipinski definition) is 3. The van der Waals surface area contributed by atoms with Crippen molar-refractivity contribution < 1.29 is 18.0 Å². The molecule has 3 aromatic rings. The van der Waals surface area contributed by atoms with Crippen molar-refractivity contribution in [2.24, 2.45) is 0 Å². The molecule has 0 saturated carbocycles. The number of hydrogen-bond donors (Lipinski definition) is 2. The minimum Gasteiger partial charge on any atom is -0.320 e. The number of halogens is 4. The first-order valence-electron chi connectivity index (χ1n) is 8.18. The Morgan fingerprint density at radius 2 is 1.93 bits per heavy atom. The van der Waals surface area contributed by atoms with Gasteiger partial charge in [0.25, 0.3) is 5.91 Å². The molecule has 1 amide bonds. The van der Waals surface area contributed by atoms with Gasteiger partial charge in [-0.15, -0.1) is 0 Å². The first-order chi connectivity index (χ1) is 13.8. The van der Waals surface area contributed by atoms with Gasteiger partial charge in [0.2, 0.25) is 0 Å². The molecule has 1 heterocycles. The average molecular weight is 417 g/mol. The number of aromatic amines is 1. The third kappa shape index (κ3) is 4.65. The van der Waals surface area contributed by atoms with E-state index in [1.54, 1.807) is 6.07 Å². The standard InChI is InChI=1S/C20H12ClF3N4O/c21-16-7-6-15(20(22,23)24)9-17(16)27-19(29)13(10-25)8-14-11-26-28-18(14)12-4-2-1-3-5-12/h1-9,11H,(H,26,28)(H,27,29)/b13-8+. The Hall–Kier alpha value is -3.57. The van der Waals surface area contributed by atoms with Crippen molar-refractivity contribution in [3.63, 3.8) is 0 Å². The van der Waals surface area contributed by atoms with Crippen LogP contribution >= 0.6 is 11.6 Å². The number of amides is 1. The fourth-order valence-electron chi connectivity index (χ4n) is 2.53. The Morgan fingerprint density at radius 3 is 2.59 bits per heavy atom. The van der Waals surface area contributed by atoms with Crippen LogP contribution in [0.15, 0.2) is 60.3 Å². The van der Waals surface area contributed by atoms with E-state index in [2.05, 4.69) is 15.5 Å². The van der Waals surface area contributed by atoms with Gasteiger partial charge in [0.05, 0.1) is 28.2 Å². The third-order valence-electron chi connectivity index (χ3n) is 3.94. The van der Waals surface area contributed by atoms with Crippen LogP contribution in [0.1, 0.15) is 11.1 Å². The number of benzene rings is 2. The zero-order valence-corrected chi connectivity index (χ0v) is 15.3. The number of rotatable bonds is 4. The summed E-state index contributed by atoms with van der Waals surface area (Å²) in [5.74, 6) is -0.895. The lowest BCUT2D eigenvalue weighted by molar-refractivity contribution is -0.137. The van der Waals surface area contributed by atoms with Gasteiger partial charge < -0.3 is 5.32 Å². The van der Waals surface area contributed by atoms with Gasteiger partial charge in [-0.1, -0.05) is 41.9 Å². The largest absolute Gasteiger partial charge is 0.416 e. The molecular formula is C20H12ClF3N4O. The maximum absolute atomic E-state index is 12.9. The molecule has 0 saturated heterocycles. The lowest BCUT2D eigenvalue weighted by Crippen LogP contribution is -2.15. The van der Waals surface area contributed by atoms with Crippen molar-refractivity contribution in [1.82, 2.24) is 10.2 Å². The molecular weight excluding hydrogens is 405 g/mol. The number of anilines is 1. The maximum atomic E-state index is 12.9. The van der Waals surface area contributed by atoms with Crippen molar-refractivity contribution in [3.8, 4) is 17.3 Å². The first-order valence-corrected chi connectivity index (χ1v) is 8.56. The zero-order chi connectivity index (χ0) is 21.0. The second kappa shape index (κ2) is 8.20. The molecule has 9 heteroatoms. The summed E-state index contributed by atoms with van der Waals surface area (Å²) in [5, 5.41) is 18.2. The van der Waals surface area contributed by atoms with Crippen LogP contribution in [0.5, 0.6) is 0 Å². The molecule has 0 bridgehead atoms. The quantitative estimate of drug-likeness (QED) is 0.447. The molecule has 1 aromatic heterocycles. The molecule has 0 fully saturated rings. The van der Waals surface area contributed by atoms with Crippen LogP contribution < -0.4 is 5.32 Å². The zero-order valence-electron chi connectivity index (χ0n) is 14.6. The molecule has 29 heavy (non-hydrogen) atoms. The molecule has 2 aromatic carbocycles. The van der Waals surface area contributed by atoms with E-state index in [-0.39, 0.29) is 16.3 Å². The third-order valence-corrected chi connectivity index (χ3v) is 4.27. The minimum atomic E-state index is -4.60. The van der Waals surface area contributed by atoms with Crippen LogP contribution in [0.2, 0.25) is 5.02 Å². The lowest BCUT2D eigenvalue weighted by Gasteiger charge is -2.11. The SMILES string of the molecule is N#C/C(=C\c1cn[nH]c1-c1ccccc1)C(=O)Nc1cc(C(F)(F)F)ccc1Cl. The van der Waals surface area contributed by atoms with E-state index < -0.39 is 17.6 Å². The molecule has 0 aliphatic heterocycles. The minimum absolute atomic E-state index is 0.0862. The van der Waals surface area contributed by atoms with Gasteiger partial charge in [0.15, 0.2) is 0 Å². The lowest BCUT2D eigenvalue weighted by atomic mass is 10.1. The molecule has 146 valence electrons. The molecule has 2 N–H and O–H groups in total. The van der Waals surface area contributed by atoms with Crippen LogP contribution in [0.4, 0.5) is 18.9 Å². The van der Waals surface area contributed by atoms with Gasteiger partial charge in [-0.05, 0) is 24.3 Å². The van der Waals surface area contributed by atoms with E-state index in [9.17, 15) is 23.2 Å². The first kappa shape index (κ1) is 20.2. The van der Waals surface area contributed by atoms with Gasteiger partial charge in [-0.3, -0.25) is 9.89 Å². The monoisotopic (exact) mass is 416 g/mol. The van der Waals surface area contributed by atoms with Crippen molar-refractivity contribution >= 4 is 29.3 Å². The summed E-state index contributed by atoms with van der Waals surface area (Å²) in [5.41, 5.74) is 0.303. The number of carbonyl (C=O) groups excluding carboxylic acids is 1. The number of nitriles is 1. The van der Waals surface area contributed by atoms with E-state index in [0.717, 1.165) is 17.7 Å². The molecule has 0 unspecified atom stereocenters. The summed E-state index contributed by atoms with van der Waals surface area (Å²) in [6, 6.07) is 13.4. The van der Waals surface area contributed by atoms with Gasteiger partial charge in [-0.2, -0.15) is 23.5 Å². The summed E-state index contributed by atoms with van der Waals surface area (Å²) in [4.78, 5) is 12.5. The molecule has 0 radical (unpaired) electrons. The second-order valence-corrected chi connectivity index (χ2v) is 6.29. The van der Waals surface area contributed by atoms with Gasteiger partial charge in [0.1, 0.15) is 11.6 Å². The summed E-state index contributed by atoms with van der Waals surface area (Å²) < 4.78 is 38.7. The van der Waals surface area contributed by atoms with E-state index in [1.807, 2.05) is 30.3 Å². The van der Waals surface area contributed by atoms with Crippen molar-refractivity contribution in [1.29, 1.82) is 5.26 Å². The molecule has 5 nitrogen and oxygen atoms in total. The summed E-state index contributed by atoms with van der Waals surface area (Å²) in [6.45, 7) is 0. The Kier molecular flexibility index (Phi) is 5.71. The number of H-pyrrole nitrogens is 1. The topological polar surface area (TPSA) is 81.6 Å².